The third-order valence-corrected chi connectivity index (χ3v) is 5.53. The molecule has 0 bridgehead atoms. The van der Waals surface area contributed by atoms with E-state index in [0.29, 0.717) is 11.7 Å². The molecule has 0 radical (unpaired) electrons. The number of aromatic hydroxyl groups is 1. The molecule has 1 aliphatic rings. The Hall–Kier alpha value is -3.33. The van der Waals surface area contributed by atoms with Crippen LogP contribution < -0.4 is 0 Å². The van der Waals surface area contributed by atoms with E-state index < -0.39 is 5.97 Å². The number of phenolic OH excluding ortho intramolecular Hbond substituents is 1. The molecule has 0 saturated heterocycles. The molecule has 3 nitrogen and oxygen atoms in total. The van der Waals surface area contributed by atoms with Crippen LogP contribution in [0.5, 0.6) is 5.75 Å². The zero-order chi connectivity index (χ0) is 19.5. The molecule has 0 aromatic heterocycles. The molecule has 28 heavy (non-hydrogen) atoms. The van der Waals surface area contributed by atoms with Crippen LogP contribution >= 0.6 is 0 Å². The predicted molar refractivity (Wildman–Crippen MR) is 111 cm³/mol. The first-order valence-corrected chi connectivity index (χ1v) is 9.49. The fourth-order valence-electron chi connectivity index (χ4n) is 4.26. The number of hydrogen-bond donors (Lipinski definition) is 2. The van der Waals surface area contributed by atoms with Crippen molar-refractivity contribution in [3.05, 3.63) is 107 Å². The van der Waals surface area contributed by atoms with Gasteiger partial charge in [0.2, 0.25) is 0 Å². The van der Waals surface area contributed by atoms with E-state index in [1.165, 1.54) is 22.3 Å². The van der Waals surface area contributed by atoms with Crippen molar-refractivity contribution < 1.29 is 15.0 Å². The molecule has 3 aromatic carbocycles. The Morgan fingerprint density at radius 3 is 2.39 bits per heavy atom. The van der Waals surface area contributed by atoms with Crippen molar-refractivity contribution >= 4 is 12.0 Å². The van der Waals surface area contributed by atoms with E-state index in [9.17, 15) is 9.90 Å². The highest BCUT2D eigenvalue weighted by Gasteiger charge is 2.32. The Labute approximate surface area is 164 Å². The first kappa shape index (κ1) is 18.1. The van der Waals surface area contributed by atoms with Crippen LogP contribution in [0, 0.1) is 0 Å². The van der Waals surface area contributed by atoms with E-state index in [2.05, 4.69) is 36.4 Å². The maximum atomic E-state index is 10.7. The van der Waals surface area contributed by atoms with Gasteiger partial charge in [0.05, 0.1) is 0 Å². The first-order chi connectivity index (χ1) is 13.6. The summed E-state index contributed by atoms with van der Waals surface area (Å²) in [5.74, 6) is -0.0815. The van der Waals surface area contributed by atoms with Crippen LogP contribution in [0.1, 0.15) is 46.1 Å². The van der Waals surface area contributed by atoms with Crippen LogP contribution in [0.15, 0.2) is 78.9 Å². The molecule has 0 unspecified atom stereocenters. The van der Waals surface area contributed by atoms with Gasteiger partial charge in [-0.15, -0.1) is 0 Å². The Bertz CT molecular complexity index is 1000. The molecule has 3 heteroatoms. The molecule has 0 spiro atoms. The zero-order valence-corrected chi connectivity index (χ0v) is 15.5. The van der Waals surface area contributed by atoms with Gasteiger partial charge in [-0.3, -0.25) is 0 Å². The highest BCUT2D eigenvalue weighted by Crippen LogP contribution is 2.46. The molecule has 0 saturated carbocycles. The summed E-state index contributed by atoms with van der Waals surface area (Å²) in [5, 5.41) is 18.7. The van der Waals surface area contributed by atoms with Crippen LogP contribution in [0.2, 0.25) is 0 Å². The number of carboxylic acids is 1. The highest BCUT2D eigenvalue weighted by atomic mass is 16.4. The van der Waals surface area contributed by atoms with E-state index in [-0.39, 0.29) is 5.92 Å². The van der Waals surface area contributed by atoms with E-state index >= 15 is 0 Å². The second kappa shape index (κ2) is 7.73. The summed E-state index contributed by atoms with van der Waals surface area (Å²) in [6.45, 7) is 0. The monoisotopic (exact) mass is 370 g/mol. The van der Waals surface area contributed by atoms with Crippen molar-refractivity contribution in [3.63, 3.8) is 0 Å². The number of carboxylic acid groups (broad SMARTS) is 1. The number of phenols is 1. The zero-order valence-electron chi connectivity index (χ0n) is 15.5. The fourth-order valence-corrected chi connectivity index (χ4v) is 4.26. The molecular formula is C25H22O3. The van der Waals surface area contributed by atoms with E-state index in [0.717, 1.165) is 24.5 Å². The molecule has 0 aliphatic heterocycles. The van der Waals surface area contributed by atoms with E-state index in [1.54, 1.807) is 12.1 Å². The number of aryl methyl sites for hydroxylation is 1. The largest absolute Gasteiger partial charge is 0.508 e. The summed E-state index contributed by atoms with van der Waals surface area (Å²) >= 11 is 0. The van der Waals surface area contributed by atoms with Crippen molar-refractivity contribution in [2.24, 2.45) is 0 Å². The van der Waals surface area contributed by atoms with E-state index in [4.69, 9.17) is 5.11 Å². The Kier molecular flexibility index (Phi) is 4.98. The van der Waals surface area contributed by atoms with Gasteiger partial charge in [0, 0.05) is 12.0 Å². The van der Waals surface area contributed by atoms with Gasteiger partial charge < -0.3 is 10.2 Å². The summed E-state index contributed by atoms with van der Waals surface area (Å²) in [6, 6.07) is 24.4. The smallest absolute Gasteiger partial charge is 0.328 e. The van der Waals surface area contributed by atoms with Crippen LogP contribution in [-0.2, 0) is 11.2 Å². The molecule has 1 aliphatic carbocycles. The Balaban J connectivity index is 1.76. The Morgan fingerprint density at radius 1 is 0.929 bits per heavy atom. The third-order valence-electron chi connectivity index (χ3n) is 5.53. The molecule has 0 heterocycles. The predicted octanol–water partition coefficient (Wildman–Crippen LogP) is 5.35. The lowest BCUT2D eigenvalue weighted by Crippen LogP contribution is -2.20. The standard InChI is InChI=1S/C25H22O3/c26-21-12-14-23-20(16-21)11-13-22(18-4-2-1-3-5-18)25(23)19-9-6-17(7-10-19)8-15-24(27)28/h1-10,12,14-16,22,25-26H,11,13H2,(H,27,28)/b15-8+/t22-,25+/m1/s1. The quantitative estimate of drug-likeness (QED) is 0.609. The maximum Gasteiger partial charge on any atom is 0.328 e. The van der Waals surface area contributed by atoms with Gasteiger partial charge in [-0.25, -0.2) is 4.79 Å². The summed E-state index contributed by atoms with van der Waals surface area (Å²) in [7, 11) is 0. The van der Waals surface area contributed by atoms with Crippen molar-refractivity contribution in [3.8, 4) is 5.75 Å². The number of carbonyl (C=O) groups is 1. The van der Waals surface area contributed by atoms with Crippen molar-refractivity contribution in [2.45, 2.75) is 24.7 Å². The Morgan fingerprint density at radius 2 is 1.68 bits per heavy atom. The lowest BCUT2D eigenvalue weighted by molar-refractivity contribution is -0.131. The third kappa shape index (κ3) is 3.70. The number of hydrogen-bond acceptors (Lipinski definition) is 2. The average molecular weight is 370 g/mol. The topological polar surface area (TPSA) is 57.5 Å². The number of fused-ring (bicyclic) bond motifs is 1. The summed E-state index contributed by atoms with van der Waals surface area (Å²) in [6.07, 6.45) is 4.72. The number of aliphatic carboxylic acids is 1. The summed E-state index contributed by atoms with van der Waals surface area (Å²) in [4.78, 5) is 10.7. The molecule has 2 atom stereocenters. The lowest BCUT2D eigenvalue weighted by Gasteiger charge is -2.34. The van der Waals surface area contributed by atoms with Crippen LogP contribution in [-0.4, -0.2) is 16.2 Å². The van der Waals surface area contributed by atoms with Crippen LogP contribution in [0.25, 0.3) is 6.08 Å². The molecule has 140 valence electrons. The average Bonchev–Trinajstić information content (AvgIpc) is 2.72. The normalized spacial score (nSPS) is 18.7. The molecule has 0 fully saturated rings. The van der Waals surface area contributed by atoms with Gasteiger partial charge in [-0.2, -0.15) is 0 Å². The maximum absolute atomic E-state index is 10.7. The van der Waals surface area contributed by atoms with Gasteiger partial charge in [0.15, 0.2) is 0 Å². The first-order valence-electron chi connectivity index (χ1n) is 9.49. The highest BCUT2D eigenvalue weighted by molar-refractivity contribution is 5.85. The molecular weight excluding hydrogens is 348 g/mol. The molecule has 2 N–H and O–H groups in total. The summed E-state index contributed by atoms with van der Waals surface area (Å²) < 4.78 is 0. The second-order valence-corrected chi connectivity index (χ2v) is 7.25. The van der Waals surface area contributed by atoms with Crippen molar-refractivity contribution in [2.75, 3.05) is 0 Å². The summed E-state index contributed by atoms with van der Waals surface area (Å²) in [5.41, 5.74) is 5.84. The SMILES string of the molecule is O=C(O)/C=C/c1ccc([C@@H]2c3ccc(O)cc3CC[C@@H]2c2ccccc2)cc1. The van der Waals surface area contributed by atoms with Gasteiger partial charge in [-0.1, -0.05) is 60.7 Å². The lowest BCUT2D eigenvalue weighted by atomic mass is 9.69. The van der Waals surface area contributed by atoms with Crippen LogP contribution in [0.4, 0.5) is 0 Å². The number of rotatable bonds is 4. The fraction of sp³-hybridized carbons (Fsp3) is 0.160. The van der Waals surface area contributed by atoms with E-state index in [1.807, 2.05) is 30.3 Å². The van der Waals surface area contributed by atoms with Crippen molar-refractivity contribution in [1.29, 1.82) is 0 Å². The minimum absolute atomic E-state index is 0.198. The van der Waals surface area contributed by atoms with Crippen molar-refractivity contribution in [1.82, 2.24) is 0 Å². The minimum atomic E-state index is -0.950. The minimum Gasteiger partial charge on any atom is -0.508 e. The second-order valence-electron chi connectivity index (χ2n) is 7.25. The molecule has 4 rings (SSSR count). The molecule has 3 aromatic rings. The number of benzene rings is 3. The molecule has 0 amide bonds. The van der Waals surface area contributed by atoms with Crippen LogP contribution in [0.3, 0.4) is 0 Å². The van der Waals surface area contributed by atoms with Gasteiger partial charge in [0.1, 0.15) is 5.75 Å². The van der Waals surface area contributed by atoms with Gasteiger partial charge >= 0.3 is 5.97 Å². The van der Waals surface area contributed by atoms with Gasteiger partial charge in [-0.05, 0) is 64.8 Å². The van der Waals surface area contributed by atoms with Gasteiger partial charge in [0.25, 0.3) is 0 Å².